The number of nitrogens with two attached hydrogens (primary N) is 3. The number of aryl methyl sites for hydroxylation is 2. The van der Waals surface area contributed by atoms with Crippen LogP contribution in [0.3, 0.4) is 0 Å². The quantitative estimate of drug-likeness (QED) is 0.0963. The summed E-state index contributed by atoms with van der Waals surface area (Å²) in [5, 5.41) is 7.70. The van der Waals surface area contributed by atoms with Crippen LogP contribution in [0, 0.1) is 25.6 Å². The molecule has 58 heavy (non-hydrogen) atoms. The Kier molecular flexibility index (Phi) is 12.5. The van der Waals surface area contributed by atoms with Crippen LogP contribution in [0.1, 0.15) is 99.1 Å². The molecule has 0 unspecified atom stereocenters. The van der Waals surface area contributed by atoms with E-state index in [2.05, 4.69) is 49.1 Å². The van der Waals surface area contributed by atoms with Crippen molar-refractivity contribution in [2.45, 2.75) is 70.8 Å². The Balaban J connectivity index is 0.000000193. The largest absolute Gasteiger partial charge is 0.364 e. The zero-order valence-electron chi connectivity index (χ0n) is 32.3. The zero-order chi connectivity index (χ0) is 40.9. The molecule has 2 amide bonds. The van der Waals surface area contributed by atoms with E-state index < -0.39 is 17.6 Å². The first-order valence-corrected chi connectivity index (χ1v) is 20.8. The number of Topliss-reactive ketones (excluding diaryl/α,β-unsaturated/α-hetero) is 1. The first-order chi connectivity index (χ1) is 27.9. The molecule has 0 bridgehead atoms. The van der Waals surface area contributed by atoms with Crippen LogP contribution < -0.4 is 37.6 Å². The van der Waals surface area contributed by atoms with Gasteiger partial charge in [-0.15, -0.1) is 0 Å². The van der Waals surface area contributed by atoms with Crippen molar-refractivity contribution >= 4 is 73.9 Å². The monoisotopic (exact) mass is 827 g/mol. The van der Waals surface area contributed by atoms with Crippen LogP contribution >= 0.6 is 23.1 Å². The van der Waals surface area contributed by atoms with E-state index in [1.807, 2.05) is 32.0 Å². The second kappa shape index (κ2) is 17.9. The van der Waals surface area contributed by atoms with E-state index >= 15 is 0 Å². The van der Waals surface area contributed by atoms with Crippen molar-refractivity contribution in [2.75, 3.05) is 46.6 Å². The van der Waals surface area contributed by atoms with E-state index in [-0.39, 0.29) is 46.9 Å². The second-order valence-electron chi connectivity index (χ2n) is 14.9. The van der Waals surface area contributed by atoms with Gasteiger partial charge in [0.05, 0.1) is 29.3 Å². The number of nitrogens with one attached hydrogen (secondary N) is 2. The Bertz CT molecular complexity index is 2300. The number of hydrogen-bond acceptors (Lipinski definition) is 16. The first-order valence-electron chi connectivity index (χ1n) is 19.2. The maximum absolute atomic E-state index is 14.6. The number of aromatic nitrogens is 6. The maximum atomic E-state index is 14.6. The molecule has 0 spiro atoms. The summed E-state index contributed by atoms with van der Waals surface area (Å²) < 4.78 is 23.0. The van der Waals surface area contributed by atoms with E-state index in [0.29, 0.717) is 29.9 Å². The van der Waals surface area contributed by atoms with Crippen molar-refractivity contribution in [3.63, 3.8) is 0 Å². The summed E-state index contributed by atoms with van der Waals surface area (Å²) in [6.45, 7) is 6.71. The minimum Gasteiger partial charge on any atom is -0.364 e. The molecule has 2 atom stereocenters. The van der Waals surface area contributed by atoms with Gasteiger partial charge in [-0.3, -0.25) is 14.4 Å². The lowest BCUT2D eigenvalue weighted by Crippen LogP contribution is -2.43. The van der Waals surface area contributed by atoms with Crippen LogP contribution in [0.25, 0.3) is 0 Å². The standard InChI is InChI=1S/C25H27FN6O2S.C14H19N7OS/c1-14-9-22(35-31-14)30-25-23(24(27)34)28-12-21(29-25)32-8-2-3-15(13-32)10-20(33)18-7-6-17(11-19(18)26)16-4-5-16;1-8-5-11(23-20-8)19-14-12(13(16)22)17-6-10(18-14)21-4-2-3-9(15)7-21/h6-7,9,11-12,15-16H,2-5,8,10,13H2,1H3,(H2,27,34)(H,29,30);5-6,9H,2-4,7,15H2,1H3,(H2,16,22)(H,18,19)/t15-;9-/m01/s1. The number of carbonyl (C=O) groups is 3. The summed E-state index contributed by atoms with van der Waals surface area (Å²) >= 11 is 2.55. The summed E-state index contributed by atoms with van der Waals surface area (Å²) in [4.78, 5) is 58.1. The van der Waals surface area contributed by atoms with Gasteiger partial charge in [0.25, 0.3) is 11.8 Å². The van der Waals surface area contributed by atoms with Crippen LogP contribution in [0.2, 0.25) is 0 Å². The molecule has 8 N–H and O–H groups in total. The van der Waals surface area contributed by atoms with Crippen molar-refractivity contribution in [3.8, 4) is 0 Å². The summed E-state index contributed by atoms with van der Waals surface area (Å²) in [5.41, 5.74) is 20.0. The highest BCUT2D eigenvalue weighted by Crippen LogP contribution is 2.40. The average molecular weight is 828 g/mol. The van der Waals surface area contributed by atoms with Gasteiger partial charge in [-0.1, -0.05) is 6.07 Å². The minimum atomic E-state index is -0.676. The fourth-order valence-corrected chi connectivity index (χ4v) is 8.46. The molecule has 1 aromatic carbocycles. The molecule has 6 heterocycles. The zero-order valence-corrected chi connectivity index (χ0v) is 33.9. The topological polar surface area (TPSA) is 237 Å². The molecule has 5 aromatic rings. The third kappa shape index (κ3) is 10.1. The fraction of sp³-hybridized carbons (Fsp3) is 0.410. The number of carbonyl (C=O) groups excluding carboxylic acids is 3. The second-order valence-corrected chi connectivity index (χ2v) is 16.5. The van der Waals surface area contributed by atoms with Gasteiger partial charge in [0.15, 0.2) is 28.8 Å². The van der Waals surface area contributed by atoms with Gasteiger partial charge in [0.2, 0.25) is 0 Å². The molecule has 1 aliphatic carbocycles. The fourth-order valence-electron chi connectivity index (χ4n) is 7.14. The van der Waals surface area contributed by atoms with Crippen molar-refractivity contribution in [1.82, 2.24) is 28.7 Å². The van der Waals surface area contributed by atoms with Crippen LogP contribution in [-0.4, -0.2) is 78.5 Å². The van der Waals surface area contributed by atoms with E-state index in [9.17, 15) is 18.8 Å². The number of nitrogens with zero attached hydrogens (tertiary/aromatic N) is 8. The number of hydrogen-bond donors (Lipinski definition) is 5. The van der Waals surface area contributed by atoms with Crippen molar-refractivity contribution in [1.29, 1.82) is 0 Å². The van der Waals surface area contributed by atoms with Gasteiger partial charge in [-0.05, 0) is 117 Å². The SMILES string of the molecule is Cc1cc(Nc2nc(N3CCC[C@@H](CC(=O)c4ccc(C5CC5)cc4F)C3)cnc2C(N)=O)sn1.Cc1cc(Nc2nc(N3CCC[C@@H](N)C3)cnc2C(N)=O)sn1. The molecule has 16 nitrogen and oxygen atoms in total. The third-order valence-electron chi connectivity index (χ3n) is 10.2. The highest BCUT2D eigenvalue weighted by atomic mass is 32.1. The van der Waals surface area contributed by atoms with Gasteiger partial charge in [0.1, 0.15) is 27.5 Å². The number of halogens is 1. The maximum Gasteiger partial charge on any atom is 0.271 e. The molecule has 1 saturated carbocycles. The van der Waals surface area contributed by atoms with E-state index in [1.165, 1.54) is 35.3 Å². The summed E-state index contributed by atoms with van der Waals surface area (Å²) in [7, 11) is 0. The first kappa shape index (κ1) is 40.5. The van der Waals surface area contributed by atoms with E-state index in [1.54, 1.807) is 12.3 Å². The van der Waals surface area contributed by atoms with Gasteiger partial charge < -0.3 is 37.6 Å². The van der Waals surface area contributed by atoms with Crippen molar-refractivity contribution < 1.29 is 18.8 Å². The minimum absolute atomic E-state index is 0.0497. The predicted octanol–water partition coefficient (Wildman–Crippen LogP) is 5.60. The highest BCUT2D eigenvalue weighted by molar-refractivity contribution is 7.10. The van der Waals surface area contributed by atoms with Crippen LogP contribution in [0.15, 0.2) is 42.7 Å². The van der Waals surface area contributed by atoms with Crippen molar-refractivity contribution in [2.24, 2.45) is 23.1 Å². The molecule has 3 fully saturated rings. The molecule has 0 radical (unpaired) electrons. The Morgan fingerprint density at radius 3 is 1.83 bits per heavy atom. The molecule has 19 heteroatoms. The molecular formula is C39H46FN13O3S2. The lowest BCUT2D eigenvalue weighted by Gasteiger charge is -2.33. The molecule has 304 valence electrons. The summed E-state index contributed by atoms with van der Waals surface area (Å²) in [5.74, 6) is 0.521. The van der Waals surface area contributed by atoms with Crippen molar-refractivity contribution in [3.05, 3.63) is 82.4 Å². The normalized spacial score (nSPS) is 17.9. The lowest BCUT2D eigenvalue weighted by molar-refractivity contribution is 0.0949. The number of benzene rings is 1. The Morgan fingerprint density at radius 2 is 1.34 bits per heavy atom. The third-order valence-corrected chi connectivity index (χ3v) is 11.8. The molecule has 8 rings (SSSR count). The van der Waals surface area contributed by atoms with Crippen LogP contribution in [0.5, 0.6) is 0 Å². The number of ketones is 1. The molecule has 3 aliphatic rings. The summed E-state index contributed by atoms with van der Waals surface area (Å²) in [6, 6.07) is 8.90. The smallest absolute Gasteiger partial charge is 0.271 e. The predicted molar refractivity (Wildman–Crippen MR) is 223 cm³/mol. The number of primary amides is 2. The van der Waals surface area contributed by atoms with Gasteiger partial charge in [0, 0.05) is 38.6 Å². The number of rotatable bonds is 12. The van der Waals surface area contributed by atoms with Gasteiger partial charge in [-0.25, -0.2) is 24.3 Å². The average Bonchev–Trinajstić information content (AvgIpc) is 3.85. The Labute approximate surface area is 343 Å². The number of amides is 2. The highest BCUT2D eigenvalue weighted by Gasteiger charge is 2.28. The summed E-state index contributed by atoms with van der Waals surface area (Å²) in [6.07, 6.45) is 9.33. The van der Waals surface area contributed by atoms with E-state index in [4.69, 9.17) is 17.2 Å². The van der Waals surface area contributed by atoms with Gasteiger partial charge >= 0.3 is 0 Å². The molecule has 2 aliphatic heterocycles. The van der Waals surface area contributed by atoms with E-state index in [0.717, 1.165) is 85.1 Å². The Hall–Kier alpha value is -5.66. The number of anilines is 6. The lowest BCUT2D eigenvalue weighted by atomic mass is 9.90. The van der Waals surface area contributed by atoms with Crippen LogP contribution in [-0.2, 0) is 0 Å². The molecular weight excluding hydrogens is 782 g/mol. The van der Waals surface area contributed by atoms with Gasteiger partial charge in [-0.2, -0.15) is 8.75 Å². The van der Waals surface area contributed by atoms with Crippen LogP contribution in [0.4, 0.5) is 37.7 Å². The molecule has 2 saturated heterocycles. The number of piperidine rings is 2. The Morgan fingerprint density at radius 1 is 0.793 bits per heavy atom. The molecule has 4 aromatic heterocycles.